The summed E-state index contributed by atoms with van der Waals surface area (Å²) in [7, 11) is 0. The highest BCUT2D eigenvalue weighted by atomic mass is 14.7. The molecule has 0 fully saturated rings. The quantitative estimate of drug-likeness (QED) is 0.503. The smallest absolute Gasteiger partial charge is 0.0449 e. The number of hydrogen-bond acceptors (Lipinski definition) is 2. The predicted octanol–water partition coefficient (Wildman–Crippen LogP) is 2.03. The van der Waals surface area contributed by atoms with Crippen LogP contribution >= 0.6 is 0 Å². The summed E-state index contributed by atoms with van der Waals surface area (Å²) in [5.41, 5.74) is 1.04. The van der Waals surface area contributed by atoms with Crippen LogP contribution in [0.2, 0.25) is 0 Å². The molecule has 9 heavy (non-hydrogen) atoms. The van der Waals surface area contributed by atoms with E-state index in [4.69, 9.17) is 0 Å². The molecule has 0 aromatic rings. The average molecular weight is 124 g/mol. The molecular weight excluding hydrogens is 112 g/mol. The van der Waals surface area contributed by atoms with Crippen molar-refractivity contribution in [1.29, 1.82) is 0 Å². The molecule has 0 saturated heterocycles. The monoisotopic (exact) mass is 124 g/mol. The zero-order valence-corrected chi connectivity index (χ0v) is 6.13. The van der Waals surface area contributed by atoms with E-state index in [2.05, 4.69) is 9.98 Å². The zero-order valence-electron chi connectivity index (χ0n) is 6.13. The summed E-state index contributed by atoms with van der Waals surface area (Å²) < 4.78 is 0. The first-order valence-electron chi connectivity index (χ1n) is 2.91. The van der Waals surface area contributed by atoms with Gasteiger partial charge >= 0.3 is 0 Å². The van der Waals surface area contributed by atoms with Gasteiger partial charge in [-0.25, -0.2) is 0 Å². The van der Waals surface area contributed by atoms with Crippen LogP contribution in [0.5, 0.6) is 0 Å². The molecule has 0 atom stereocenters. The van der Waals surface area contributed by atoms with Gasteiger partial charge < -0.3 is 0 Å². The highest BCUT2D eigenvalue weighted by Crippen LogP contribution is 1.78. The molecule has 0 N–H and O–H groups in total. The minimum absolute atomic E-state index is 1.04. The molecular formula is C7H12N2. The van der Waals surface area contributed by atoms with E-state index in [9.17, 15) is 0 Å². The summed E-state index contributed by atoms with van der Waals surface area (Å²) in [6, 6.07) is 0. The molecule has 0 spiro atoms. The van der Waals surface area contributed by atoms with Crippen LogP contribution in [0.15, 0.2) is 22.4 Å². The van der Waals surface area contributed by atoms with Gasteiger partial charge in [0.25, 0.3) is 0 Å². The topological polar surface area (TPSA) is 24.7 Å². The second kappa shape index (κ2) is 5.22. The summed E-state index contributed by atoms with van der Waals surface area (Å²) in [6.45, 7) is 5.76. The number of hydrogen-bond donors (Lipinski definition) is 0. The van der Waals surface area contributed by atoms with Crippen LogP contribution in [0.3, 0.4) is 0 Å². The van der Waals surface area contributed by atoms with Crippen molar-refractivity contribution in [3.63, 3.8) is 0 Å². The lowest BCUT2D eigenvalue weighted by atomic mass is 10.5. The SMILES string of the molecule is C/C=N/C=C\N=C(C)C. The van der Waals surface area contributed by atoms with Crippen LogP contribution in [0.1, 0.15) is 20.8 Å². The van der Waals surface area contributed by atoms with E-state index in [1.54, 1.807) is 18.6 Å². The van der Waals surface area contributed by atoms with Crippen molar-refractivity contribution in [2.24, 2.45) is 9.98 Å². The van der Waals surface area contributed by atoms with Gasteiger partial charge in [0, 0.05) is 24.3 Å². The fourth-order valence-corrected chi connectivity index (χ4v) is 0.307. The Hall–Kier alpha value is -0.920. The third-order valence-electron chi connectivity index (χ3n) is 0.635. The van der Waals surface area contributed by atoms with Gasteiger partial charge in [-0.15, -0.1) is 0 Å². The van der Waals surface area contributed by atoms with Crippen LogP contribution in [-0.4, -0.2) is 11.9 Å². The fraction of sp³-hybridized carbons (Fsp3) is 0.429. The van der Waals surface area contributed by atoms with Gasteiger partial charge in [-0.3, -0.25) is 9.98 Å². The van der Waals surface area contributed by atoms with Gasteiger partial charge in [0.1, 0.15) is 0 Å². The minimum atomic E-state index is 1.04. The van der Waals surface area contributed by atoms with Crippen molar-refractivity contribution in [1.82, 2.24) is 0 Å². The van der Waals surface area contributed by atoms with Gasteiger partial charge in [0.05, 0.1) is 0 Å². The van der Waals surface area contributed by atoms with Gasteiger partial charge in [0.2, 0.25) is 0 Å². The van der Waals surface area contributed by atoms with Crippen molar-refractivity contribution >= 4 is 11.9 Å². The summed E-state index contributed by atoms with van der Waals surface area (Å²) in [4.78, 5) is 7.82. The third kappa shape index (κ3) is 7.08. The first-order chi connectivity index (χ1) is 4.27. The molecule has 0 aliphatic rings. The molecule has 0 saturated carbocycles. The van der Waals surface area contributed by atoms with E-state index in [0.717, 1.165) is 5.71 Å². The van der Waals surface area contributed by atoms with Gasteiger partial charge in [-0.05, 0) is 20.8 Å². The summed E-state index contributed by atoms with van der Waals surface area (Å²) >= 11 is 0. The van der Waals surface area contributed by atoms with E-state index in [-0.39, 0.29) is 0 Å². The Morgan fingerprint density at radius 2 is 1.89 bits per heavy atom. The van der Waals surface area contributed by atoms with E-state index in [0.29, 0.717) is 0 Å². The summed E-state index contributed by atoms with van der Waals surface area (Å²) in [5.74, 6) is 0. The normalized spacial score (nSPS) is 11.0. The Labute approximate surface area is 56.0 Å². The summed E-state index contributed by atoms with van der Waals surface area (Å²) in [6.07, 6.45) is 5.05. The molecule has 0 aromatic heterocycles. The maximum absolute atomic E-state index is 3.98. The molecule has 0 heterocycles. The number of rotatable bonds is 2. The number of aliphatic imine (C=N–C) groups is 2. The molecule has 0 aliphatic carbocycles. The summed E-state index contributed by atoms with van der Waals surface area (Å²) in [5, 5.41) is 0. The maximum atomic E-state index is 3.98. The van der Waals surface area contributed by atoms with E-state index >= 15 is 0 Å². The molecule has 0 bridgehead atoms. The first-order valence-corrected chi connectivity index (χ1v) is 2.91. The molecule has 0 aromatic carbocycles. The zero-order chi connectivity index (χ0) is 7.11. The maximum Gasteiger partial charge on any atom is 0.0449 e. The fourth-order valence-electron chi connectivity index (χ4n) is 0.307. The second-order valence-corrected chi connectivity index (χ2v) is 1.78. The standard InChI is InChI=1S/C7H12N2/c1-4-8-5-6-9-7(2)3/h4-6H,1-3H3/b6-5-,8-4+. The Bertz CT molecular complexity index is 139. The molecule has 0 radical (unpaired) electrons. The van der Waals surface area contributed by atoms with Gasteiger partial charge in [-0.1, -0.05) is 0 Å². The molecule has 2 nitrogen and oxygen atoms in total. The van der Waals surface area contributed by atoms with E-state index < -0.39 is 0 Å². The third-order valence-corrected chi connectivity index (χ3v) is 0.635. The highest BCUT2D eigenvalue weighted by molar-refractivity contribution is 5.79. The second-order valence-electron chi connectivity index (χ2n) is 1.78. The van der Waals surface area contributed by atoms with Crippen LogP contribution < -0.4 is 0 Å². The number of nitrogens with zero attached hydrogens (tertiary/aromatic N) is 2. The van der Waals surface area contributed by atoms with Crippen LogP contribution in [0.4, 0.5) is 0 Å². The molecule has 0 amide bonds. The Balaban J connectivity index is 3.60. The van der Waals surface area contributed by atoms with Crippen molar-refractivity contribution in [3.8, 4) is 0 Å². The molecule has 0 aliphatic heterocycles. The Morgan fingerprint density at radius 3 is 2.33 bits per heavy atom. The van der Waals surface area contributed by atoms with Crippen molar-refractivity contribution in [2.75, 3.05) is 0 Å². The molecule has 50 valence electrons. The first kappa shape index (κ1) is 8.08. The molecule has 0 rings (SSSR count). The Morgan fingerprint density at radius 1 is 1.22 bits per heavy atom. The minimum Gasteiger partial charge on any atom is -0.268 e. The van der Waals surface area contributed by atoms with E-state index in [1.165, 1.54) is 0 Å². The molecule has 2 heteroatoms. The molecule has 0 unspecified atom stereocenters. The average Bonchev–Trinajstić information content (AvgIpc) is 1.80. The predicted molar refractivity (Wildman–Crippen MR) is 42.1 cm³/mol. The Kier molecular flexibility index (Phi) is 4.69. The largest absolute Gasteiger partial charge is 0.268 e. The lowest BCUT2D eigenvalue weighted by Gasteiger charge is -1.79. The van der Waals surface area contributed by atoms with Crippen molar-refractivity contribution in [2.45, 2.75) is 20.8 Å². The van der Waals surface area contributed by atoms with Crippen LogP contribution in [0.25, 0.3) is 0 Å². The van der Waals surface area contributed by atoms with Gasteiger partial charge in [0.15, 0.2) is 0 Å². The lowest BCUT2D eigenvalue weighted by Crippen LogP contribution is -1.74. The van der Waals surface area contributed by atoms with E-state index in [1.807, 2.05) is 20.8 Å². The van der Waals surface area contributed by atoms with Crippen molar-refractivity contribution in [3.05, 3.63) is 12.4 Å². The van der Waals surface area contributed by atoms with Crippen LogP contribution in [0, 0.1) is 0 Å². The van der Waals surface area contributed by atoms with Crippen LogP contribution in [-0.2, 0) is 0 Å². The van der Waals surface area contributed by atoms with Crippen molar-refractivity contribution < 1.29 is 0 Å². The van der Waals surface area contributed by atoms with Gasteiger partial charge in [-0.2, -0.15) is 0 Å². The lowest BCUT2D eigenvalue weighted by molar-refractivity contribution is 1.44. The highest BCUT2D eigenvalue weighted by Gasteiger charge is 1.68.